The number of nitrogens with one attached hydrogen (secondary N) is 2. The third-order valence-electron chi connectivity index (χ3n) is 2.76. The van der Waals surface area contributed by atoms with Crippen LogP contribution in [0.2, 0.25) is 0 Å². The van der Waals surface area contributed by atoms with Crippen molar-refractivity contribution in [3.63, 3.8) is 0 Å². The minimum Gasteiger partial charge on any atom is -0.506 e. The van der Waals surface area contributed by atoms with Gasteiger partial charge in [-0.3, -0.25) is 4.72 Å². The zero-order chi connectivity index (χ0) is 12.5. The summed E-state index contributed by atoms with van der Waals surface area (Å²) >= 11 is 0. The second-order valence-corrected chi connectivity index (χ2v) is 6.01. The van der Waals surface area contributed by atoms with Gasteiger partial charge < -0.3 is 10.4 Å². The van der Waals surface area contributed by atoms with Crippen molar-refractivity contribution in [3.05, 3.63) is 23.3 Å². The Labute approximate surface area is 101 Å². The van der Waals surface area contributed by atoms with Gasteiger partial charge in [-0.05, 0) is 49.2 Å². The lowest BCUT2D eigenvalue weighted by molar-refractivity contribution is 0.476. The van der Waals surface area contributed by atoms with E-state index in [-0.39, 0.29) is 11.4 Å². The lowest BCUT2D eigenvalue weighted by atomic mass is 10.0. The average Bonchev–Trinajstić information content (AvgIpc) is 2.41. The monoisotopic (exact) mass is 256 g/mol. The van der Waals surface area contributed by atoms with Crippen molar-refractivity contribution in [2.75, 3.05) is 24.1 Å². The molecule has 94 valence electrons. The first-order valence-electron chi connectivity index (χ1n) is 5.49. The molecule has 0 saturated heterocycles. The van der Waals surface area contributed by atoms with Crippen LogP contribution in [0.5, 0.6) is 5.75 Å². The summed E-state index contributed by atoms with van der Waals surface area (Å²) in [4.78, 5) is 0. The largest absolute Gasteiger partial charge is 0.506 e. The fourth-order valence-electron chi connectivity index (χ4n) is 1.99. The molecule has 1 aliphatic rings. The Balaban J connectivity index is 2.39. The van der Waals surface area contributed by atoms with Crippen LogP contribution in [0.25, 0.3) is 0 Å². The van der Waals surface area contributed by atoms with E-state index in [1.54, 1.807) is 12.1 Å². The highest BCUT2D eigenvalue weighted by molar-refractivity contribution is 7.92. The summed E-state index contributed by atoms with van der Waals surface area (Å²) in [7, 11) is -3.36. The minimum atomic E-state index is -3.36. The molecule has 0 aromatic heterocycles. The number of rotatable bonds is 2. The van der Waals surface area contributed by atoms with Gasteiger partial charge in [0.2, 0.25) is 10.0 Å². The van der Waals surface area contributed by atoms with Gasteiger partial charge in [-0.15, -0.1) is 0 Å². The van der Waals surface area contributed by atoms with Crippen LogP contribution in [0, 0.1) is 0 Å². The molecule has 0 atom stereocenters. The topological polar surface area (TPSA) is 78.4 Å². The summed E-state index contributed by atoms with van der Waals surface area (Å²) in [5.41, 5.74) is 2.42. The number of phenolic OH excluding ortho intramolecular Hbond substituents is 1. The Morgan fingerprint density at radius 1 is 1.24 bits per heavy atom. The van der Waals surface area contributed by atoms with Crippen molar-refractivity contribution in [2.24, 2.45) is 0 Å². The lowest BCUT2D eigenvalue weighted by Gasteiger charge is -2.11. The van der Waals surface area contributed by atoms with Crippen LogP contribution in [0.3, 0.4) is 0 Å². The third-order valence-corrected chi connectivity index (χ3v) is 3.35. The number of hydrogen-bond acceptors (Lipinski definition) is 4. The van der Waals surface area contributed by atoms with Gasteiger partial charge in [0.05, 0.1) is 11.9 Å². The molecule has 1 aromatic carbocycles. The summed E-state index contributed by atoms with van der Waals surface area (Å²) in [5.74, 6) is -0.0175. The van der Waals surface area contributed by atoms with Gasteiger partial charge >= 0.3 is 0 Å². The molecule has 2 rings (SSSR count). The SMILES string of the molecule is CS(=O)(=O)Nc1cc2c(cc1O)CCNCC2. The van der Waals surface area contributed by atoms with Crippen molar-refractivity contribution in [1.82, 2.24) is 5.32 Å². The molecule has 1 aromatic rings. The predicted octanol–water partition coefficient (Wildman–Crippen LogP) is 0.452. The van der Waals surface area contributed by atoms with E-state index >= 15 is 0 Å². The van der Waals surface area contributed by atoms with Crippen molar-refractivity contribution >= 4 is 15.7 Å². The van der Waals surface area contributed by atoms with E-state index in [2.05, 4.69) is 10.0 Å². The maximum Gasteiger partial charge on any atom is 0.229 e. The molecule has 0 bridgehead atoms. The smallest absolute Gasteiger partial charge is 0.229 e. The lowest BCUT2D eigenvalue weighted by Crippen LogP contribution is -2.16. The van der Waals surface area contributed by atoms with Gasteiger partial charge in [0.25, 0.3) is 0 Å². The molecule has 5 nitrogen and oxygen atoms in total. The highest BCUT2D eigenvalue weighted by atomic mass is 32.2. The quantitative estimate of drug-likeness (QED) is 0.671. The second kappa shape index (κ2) is 4.54. The molecule has 6 heteroatoms. The summed E-state index contributed by atoms with van der Waals surface area (Å²) < 4.78 is 24.6. The number of phenols is 1. The first-order chi connectivity index (χ1) is 7.96. The van der Waals surface area contributed by atoms with Gasteiger partial charge in [-0.25, -0.2) is 8.42 Å². The van der Waals surface area contributed by atoms with Crippen LogP contribution < -0.4 is 10.0 Å². The van der Waals surface area contributed by atoms with Crippen molar-refractivity contribution < 1.29 is 13.5 Å². The fourth-order valence-corrected chi connectivity index (χ4v) is 2.56. The maximum absolute atomic E-state index is 11.2. The van der Waals surface area contributed by atoms with E-state index in [1.165, 1.54) is 0 Å². The zero-order valence-corrected chi connectivity index (χ0v) is 10.5. The molecular weight excluding hydrogens is 240 g/mol. The molecular formula is C11H16N2O3S. The number of anilines is 1. The molecule has 0 aliphatic carbocycles. The Hall–Kier alpha value is -1.27. The zero-order valence-electron chi connectivity index (χ0n) is 9.66. The van der Waals surface area contributed by atoms with E-state index < -0.39 is 10.0 Å². The number of hydrogen-bond donors (Lipinski definition) is 3. The Morgan fingerprint density at radius 2 is 1.82 bits per heavy atom. The molecule has 0 spiro atoms. The van der Waals surface area contributed by atoms with E-state index in [4.69, 9.17) is 0 Å². The molecule has 0 saturated carbocycles. The predicted molar refractivity (Wildman–Crippen MR) is 66.9 cm³/mol. The normalized spacial score (nSPS) is 16.1. The number of aromatic hydroxyl groups is 1. The molecule has 0 radical (unpaired) electrons. The standard InChI is InChI=1S/C11H16N2O3S/c1-17(15,16)13-10-6-8-2-4-12-5-3-9(8)7-11(10)14/h6-7,12-14H,2-5H2,1H3. The number of fused-ring (bicyclic) bond motifs is 1. The Morgan fingerprint density at radius 3 is 2.41 bits per heavy atom. The van der Waals surface area contributed by atoms with E-state index in [0.29, 0.717) is 0 Å². The highest BCUT2D eigenvalue weighted by Gasteiger charge is 2.13. The van der Waals surface area contributed by atoms with Crippen LogP contribution in [0.1, 0.15) is 11.1 Å². The third kappa shape index (κ3) is 3.10. The van der Waals surface area contributed by atoms with Crippen LogP contribution in [-0.2, 0) is 22.9 Å². The first kappa shape index (κ1) is 12.2. The van der Waals surface area contributed by atoms with Gasteiger partial charge in [-0.1, -0.05) is 0 Å². The highest BCUT2D eigenvalue weighted by Crippen LogP contribution is 2.29. The van der Waals surface area contributed by atoms with Gasteiger partial charge in [-0.2, -0.15) is 0 Å². The number of sulfonamides is 1. The van der Waals surface area contributed by atoms with Crippen LogP contribution in [0.15, 0.2) is 12.1 Å². The summed E-state index contributed by atoms with van der Waals surface area (Å²) in [6.45, 7) is 1.75. The van der Waals surface area contributed by atoms with Crippen molar-refractivity contribution in [2.45, 2.75) is 12.8 Å². The van der Waals surface area contributed by atoms with Gasteiger partial charge in [0, 0.05) is 0 Å². The Kier molecular flexibility index (Phi) is 3.26. The molecule has 0 amide bonds. The minimum absolute atomic E-state index is 0.0175. The maximum atomic E-state index is 11.2. The van der Waals surface area contributed by atoms with Gasteiger partial charge in [0.1, 0.15) is 5.75 Å². The van der Waals surface area contributed by atoms with E-state index in [1.807, 2.05) is 0 Å². The molecule has 3 N–H and O–H groups in total. The first-order valence-corrected chi connectivity index (χ1v) is 7.38. The summed E-state index contributed by atoms with van der Waals surface area (Å²) in [5, 5.41) is 13.0. The number of benzene rings is 1. The molecule has 0 unspecified atom stereocenters. The van der Waals surface area contributed by atoms with Crippen molar-refractivity contribution in [3.8, 4) is 5.75 Å². The van der Waals surface area contributed by atoms with Crippen molar-refractivity contribution in [1.29, 1.82) is 0 Å². The van der Waals surface area contributed by atoms with E-state index in [9.17, 15) is 13.5 Å². The molecule has 1 aliphatic heterocycles. The second-order valence-electron chi connectivity index (χ2n) is 4.26. The van der Waals surface area contributed by atoms with Crippen LogP contribution >= 0.6 is 0 Å². The van der Waals surface area contributed by atoms with E-state index in [0.717, 1.165) is 43.3 Å². The fraction of sp³-hybridized carbons (Fsp3) is 0.455. The summed E-state index contributed by atoms with van der Waals surface area (Å²) in [6, 6.07) is 3.37. The summed E-state index contributed by atoms with van der Waals surface area (Å²) in [6.07, 6.45) is 2.76. The van der Waals surface area contributed by atoms with Crippen LogP contribution in [-0.4, -0.2) is 32.9 Å². The Bertz CT molecular complexity index is 526. The van der Waals surface area contributed by atoms with Crippen LogP contribution in [0.4, 0.5) is 5.69 Å². The van der Waals surface area contributed by atoms with Gasteiger partial charge in [0.15, 0.2) is 0 Å². The molecule has 0 fully saturated rings. The molecule has 17 heavy (non-hydrogen) atoms. The average molecular weight is 256 g/mol. The molecule has 1 heterocycles.